The Kier molecular flexibility index (Phi) is 5.83. The van der Waals surface area contributed by atoms with Gasteiger partial charge < -0.3 is 9.57 Å². The van der Waals surface area contributed by atoms with Gasteiger partial charge in [0, 0.05) is 22.5 Å². The normalized spacial score (nSPS) is 11.7. The molecule has 1 rings (SSSR count). The second-order valence-corrected chi connectivity index (χ2v) is 4.63. The van der Waals surface area contributed by atoms with Gasteiger partial charge in [-0.2, -0.15) is 0 Å². The van der Waals surface area contributed by atoms with E-state index in [2.05, 4.69) is 27.4 Å². The first kappa shape index (κ1) is 14.7. The summed E-state index contributed by atoms with van der Waals surface area (Å²) in [5.41, 5.74) is 0.820. The SMILES string of the molecule is CC(=O)OC(CCO[N+](=O)[O-])c1ccccc1I. The zero-order chi connectivity index (χ0) is 13.5. The minimum absolute atomic E-state index is 0.115. The van der Waals surface area contributed by atoms with E-state index in [4.69, 9.17) is 4.74 Å². The van der Waals surface area contributed by atoms with Gasteiger partial charge in [-0.3, -0.25) is 4.79 Å². The van der Waals surface area contributed by atoms with Gasteiger partial charge in [0.05, 0.1) is 0 Å². The smallest absolute Gasteiger partial charge is 0.303 e. The summed E-state index contributed by atoms with van der Waals surface area (Å²) in [6.45, 7) is 1.19. The van der Waals surface area contributed by atoms with Crippen LogP contribution in [-0.4, -0.2) is 17.7 Å². The van der Waals surface area contributed by atoms with E-state index >= 15 is 0 Å². The molecule has 1 aromatic rings. The number of carbonyl (C=O) groups is 1. The molecule has 0 aromatic heterocycles. The van der Waals surface area contributed by atoms with Crippen LogP contribution >= 0.6 is 22.6 Å². The van der Waals surface area contributed by atoms with Gasteiger partial charge in [0.15, 0.2) is 0 Å². The molecule has 0 heterocycles. The van der Waals surface area contributed by atoms with Gasteiger partial charge in [0.2, 0.25) is 0 Å². The summed E-state index contributed by atoms with van der Waals surface area (Å²) in [5, 5.41) is 9.22. The largest absolute Gasteiger partial charge is 0.458 e. The van der Waals surface area contributed by atoms with Crippen LogP contribution in [0.3, 0.4) is 0 Å². The van der Waals surface area contributed by atoms with Crippen LogP contribution in [0.5, 0.6) is 0 Å². The van der Waals surface area contributed by atoms with Crippen LogP contribution < -0.4 is 0 Å². The van der Waals surface area contributed by atoms with Gasteiger partial charge in [-0.05, 0) is 28.7 Å². The lowest BCUT2D eigenvalue weighted by atomic mass is 10.1. The minimum atomic E-state index is -0.860. The summed E-state index contributed by atoms with van der Waals surface area (Å²) in [6, 6.07) is 7.38. The van der Waals surface area contributed by atoms with E-state index < -0.39 is 17.2 Å². The highest BCUT2D eigenvalue weighted by Crippen LogP contribution is 2.26. The maximum Gasteiger partial charge on any atom is 0.303 e. The van der Waals surface area contributed by atoms with Crippen molar-refractivity contribution in [1.29, 1.82) is 0 Å². The van der Waals surface area contributed by atoms with Crippen molar-refractivity contribution in [2.24, 2.45) is 0 Å². The molecule has 0 bridgehead atoms. The first-order chi connectivity index (χ1) is 8.50. The van der Waals surface area contributed by atoms with E-state index in [0.717, 1.165) is 9.13 Å². The van der Waals surface area contributed by atoms with Crippen molar-refractivity contribution >= 4 is 28.6 Å². The molecule has 1 unspecified atom stereocenters. The maximum atomic E-state index is 11.0. The number of carbonyl (C=O) groups excluding carboxylic acids is 1. The van der Waals surface area contributed by atoms with Crippen LogP contribution in [0, 0.1) is 13.7 Å². The van der Waals surface area contributed by atoms with Crippen molar-refractivity contribution in [2.75, 3.05) is 6.61 Å². The molecule has 0 N–H and O–H groups in total. The molecule has 0 spiro atoms. The monoisotopic (exact) mass is 365 g/mol. The first-order valence-electron chi connectivity index (χ1n) is 5.19. The second-order valence-electron chi connectivity index (χ2n) is 3.47. The van der Waals surface area contributed by atoms with Crippen LogP contribution in [0.15, 0.2) is 24.3 Å². The number of halogens is 1. The number of benzene rings is 1. The van der Waals surface area contributed by atoms with E-state index in [-0.39, 0.29) is 13.0 Å². The molecular weight excluding hydrogens is 353 g/mol. The fourth-order valence-electron chi connectivity index (χ4n) is 1.45. The molecule has 0 saturated carbocycles. The maximum absolute atomic E-state index is 11.0. The standard InChI is InChI=1S/C11H12INO5/c1-8(14)18-11(6-7-17-13(15)16)9-4-2-3-5-10(9)12/h2-5,11H,6-7H2,1H3. The van der Waals surface area contributed by atoms with E-state index in [0.29, 0.717) is 0 Å². The Hall–Kier alpha value is -1.38. The van der Waals surface area contributed by atoms with Gasteiger partial charge in [0.1, 0.15) is 12.7 Å². The van der Waals surface area contributed by atoms with Gasteiger partial charge in [0.25, 0.3) is 5.09 Å². The third kappa shape index (κ3) is 4.86. The molecule has 0 amide bonds. The van der Waals surface area contributed by atoms with Crippen molar-refractivity contribution in [3.63, 3.8) is 0 Å². The summed E-state index contributed by atoms with van der Waals surface area (Å²) in [4.78, 5) is 25.4. The third-order valence-electron chi connectivity index (χ3n) is 2.14. The molecule has 0 saturated heterocycles. The number of hydrogen-bond acceptors (Lipinski definition) is 5. The van der Waals surface area contributed by atoms with Gasteiger partial charge in [-0.25, -0.2) is 0 Å². The highest BCUT2D eigenvalue weighted by molar-refractivity contribution is 14.1. The molecule has 0 aliphatic heterocycles. The molecule has 6 nitrogen and oxygen atoms in total. The summed E-state index contributed by atoms with van der Waals surface area (Å²) < 4.78 is 6.09. The molecule has 0 fully saturated rings. The van der Waals surface area contributed by atoms with E-state index in [1.807, 2.05) is 24.3 Å². The van der Waals surface area contributed by atoms with Crippen molar-refractivity contribution in [3.8, 4) is 0 Å². The Bertz CT molecular complexity index is 437. The molecule has 0 aliphatic carbocycles. The third-order valence-corrected chi connectivity index (χ3v) is 3.12. The Morgan fingerprint density at radius 3 is 2.72 bits per heavy atom. The molecule has 98 valence electrons. The summed E-state index contributed by atoms with van der Waals surface area (Å²) >= 11 is 2.12. The lowest BCUT2D eigenvalue weighted by Gasteiger charge is -2.18. The minimum Gasteiger partial charge on any atom is -0.458 e. The lowest BCUT2D eigenvalue weighted by Crippen LogP contribution is -2.14. The molecule has 0 aliphatic rings. The van der Waals surface area contributed by atoms with Gasteiger partial charge >= 0.3 is 5.97 Å². The van der Waals surface area contributed by atoms with Crippen LogP contribution in [0.2, 0.25) is 0 Å². The van der Waals surface area contributed by atoms with E-state index in [9.17, 15) is 14.9 Å². The van der Waals surface area contributed by atoms with Crippen LogP contribution in [0.25, 0.3) is 0 Å². The Balaban J connectivity index is 2.75. The number of rotatable bonds is 6. The number of hydrogen-bond donors (Lipinski definition) is 0. The van der Waals surface area contributed by atoms with Crippen molar-refractivity contribution in [1.82, 2.24) is 0 Å². The average molecular weight is 365 g/mol. The predicted octanol–water partition coefficient (Wildman–Crippen LogP) is 2.49. The van der Waals surface area contributed by atoms with Gasteiger partial charge in [-0.1, -0.05) is 18.2 Å². The summed E-state index contributed by atoms with van der Waals surface area (Å²) in [5.74, 6) is -0.430. The van der Waals surface area contributed by atoms with Crippen molar-refractivity contribution < 1.29 is 19.5 Å². The molecule has 0 radical (unpaired) electrons. The quantitative estimate of drug-likeness (QED) is 0.335. The number of nitrogens with zero attached hydrogens (tertiary/aromatic N) is 1. The first-order valence-corrected chi connectivity index (χ1v) is 6.27. The van der Waals surface area contributed by atoms with Crippen molar-refractivity contribution in [2.45, 2.75) is 19.4 Å². The second kappa shape index (κ2) is 7.14. The Labute approximate surface area is 118 Å². The number of esters is 1. The molecule has 1 atom stereocenters. The molecule has 18 heavy (non-hydrogen) atoms. The number of ether oxygens (including phenoxy) is 1. The average Bonchev–Trinajstić information content (AvgIpc) is 2.27. The molecular formula is C11H12INO5. The van der Waals surface area contributed by atoms with Crippen LogP contribution in [0.4, 0.5) is 0 Å². The predicted molar refractivity (Wildman–Crippen MR) is 71.2 cm³/mol. The zero-order valence-corrected chi connectivity index (χ0v) is 11.8. The fraction of sp³-hybridized carbons (Fsp3) is 0.364. The summed E-state index contributed by atoms with van der Waals surface area (Å²) in [7, 11) is 0. The van der Waals surface area contributed by atoms with Crippen LogP contribution in [0.1, 0.15) is 25.0 Å². The highest BCUT2D eigenvalue weighted by atomic mass is 127. The summed E-state index contributed by atoms with van der Waals surface area (Å²) in [6.07, 6.45) is -0.295. The highest BCUT2D eigenvalue weighted by Gasteiger charge is 2.17. The fourth-order valence-corrected chi connectivity index (χ4v) is 2.18. The zero-order valence-electron chi connectivity index (χ0n) is 9.67. The topological polar surface area (TPSA) is 78.7 Å². The Morgan fingerprint density at radius 2 is 2.17 bits per heavy atom. The van der Waals surface area contributed by atoms with Crippen LogP contribution in [-0.2, 0) is 14.4 Å². The van der Waals surface area contributed by atoms with Crippen molar-refractivity contribution in [3.05, 3.63) is 43.5 Å². The molecule has 7 heteroatoms. The van der Waals surface area contributed by atoms with E-state index in [1.54, 1.807) is 0 Å². The molecule has 1 aromatic carbocycles. The van der Waals surface area contributed by atoms with Gasteiger partial charge in [-0.15, -0.1) is 10.1 Å². The lowest BCUT2D eigenvalue weighted by molar-refractivity contribution is -0.758. The van der Waals surface area contributed by atoms with E-state index in [1.165, 1.54) is 6.92 Å². The Morgan fingerprint density at radius 1 is 1.50 bits per heavy atom.